The van der Waals surface area contributed by atoms with E-state index in [0.717, 1.165) is 0 Å². The lowest BCUT2D eigenvalue weighted by molar-refractivity contribution is -0.0328. The average molecular weight is 211 g/mol. The van der Waals surface area contributed by atoms with Gasteiger partial charge in [0.25, 0.3) is 0 Å². The van der Waals surface area contributed by atoms with Crippen LogP contribution in [0, 0.1) is 16.7 Å². The Labute approximate surface area is 80.3 Å². The molecule has 1 atom stereocenters. The zero-order valence-corrected chi connectivity index (χ0v) is 8.43. The largest absolute Gasteiger partial charge is 0.441 e. The minimum atomic E-state index is -4.18. The van der Waals surface area contributed by atoms with Crippen LogP contribution in [-0.4, -0.2) is 11.3 Å². The van der Waals surface area contributed by atoms with Gasteiger partial charge in [-0.3, -0.25) is 0 Å². The van der Waals surface area contributed by atoms with Crippen molar-refractivity contribution in [3.8, 4) is 6.07 Å². The summed E-state index contributed by atoms with van der Waals surface area (Å²) in [5.74, 6) is -0.0403. The first kappa shape index (κ1) is 12.6. The first-order chi connectivity index (χ1) is 5.83. The minimum Gasteiger partial charge on any atom is -0.198 e. The Hall–Kier alpha value is -0.370. The van der Waals surface area contributed by atoms with Crippen LogP contribution in [0.4, 0.5) is 13.2 Å². The maximum atomic E-state index is 11.7. The Morgan fingerprint density at radius 1 is 1.38 bits per heavy atom. The van der Waals surface area contributed by atoms with Crippen LogP contribution in [0.1, 0.15) is 26.7 Å². The molecule has 13 heavy (non-hydrogen) atoms. The summed E-state index contributed by atoms with van der Waals surface area (Å²) >= 11 is -0.0599. The van der Waals surface area contributed by atoms with Gasteiger partial charge in [0.2, 0.25) is 0 Å². The Morgan fingerprint density at radius 3 is 2.23 bits per heavy atom. The van der Waals surface area contributed by atoms with Gasteiger partial charge < -0.3 is 0 Å². The summed E-state index contributed by atoms with van der Waals surface area (Å²) in [4.78, 5) is 0. The van der Waals surface area contributed by atoms with E-state index in [0.29, 0.717) is 6.42 Å². The van der Waals surface area contributed by atoms with E-state index in [2.05, 4.69) is 0 Å². The molecule has 76 valence electrons. The zero-order chi connectivity index (χ0) is 10.5. The number of hydrogen-bond donors (Lipinski definition) is 0. The number of alkyl halides is 3. The predicted molar refractivity (Wildman–Crippen MR) is 47.1 cm³/mol. The van der Waals surface area contributed by atoms with E-state index in [1.54, 1.807) is 6.92 Å². The van der Waals surface area contributed by atoms with Crippen molar-refractivity contribution in [2.45, 2.75) is 32.2 Å². The van der Waals surface area contributed by atoms with Crippen LogP contribution in [0.25, 0.3) is 0 Å². The lowest BCUT2D eigenvalue weighted by atomic mass is 9.87. The third-order valence-corrected chi connectivity index (χ3v) is 2.71. The highest BCUT2D eigenvalue weighted by atomic mass is 32.2. The van der Waals surface area contributed by atoms with Crippen molar-refractivity contribution in [3.63, 3.8) is 0 Å². The molecule has 0 saturated heterocycles. The van der Waals surface area contributed by atoms with Crippen LogP contribution < -0.4 is 0 Å². The van der Waals surface area contributed by atoms with Crippen LogP contribution in [0.15, 0.2) is 0 Å². The van der Waals surface area contributed by atoms with Crippen molar-refractivity contribution < 1.29 is 13.2 Å². The quantitative estimate of drug-likeness (QED) is 0.709. The number of thioether (sulfide) groups is 1. The van der Waals surface area contributed by atoms with Gasteiger partial charge in [-0.05, 0) is 19.8 Å². The molecule has 0 aliphatic heterocycles. The van der Waals surface area contributed by atoms with Gasteiger partial charge in [-0.1, -0.05) is 18.7 Å². The third-order valence-electron chi connectivity index (χ3n) is 1.97. The minimum absolute atomic E-state index is 0.0403. The first-order valence-corrected chi connectivity index (χ1v) is 4.93. The molecule has 0 bridgehead atoms. The van der Waals surface area contributed by atoms with E-state index in [1.807, 2.05) is 13.0 Å². The van der Waals surface area contributed by atoms with E-state index < -0.39 is 10.9 Å². The number of nitrogens with zero attached hydrogens (tertiary/aromatic N) is 1. The number of halogens is 3. The Bertz CT molecular complexity index is 197. The molecule has 0 aliphatic rings. The Kier molecular flexibility index (Phi) is 4.62. The third kappa shape index (κ3) is 5.81. The lowest BCUT2D eigenvalue weighted by Crippen LogP contribution is -2.14. The van der Waals surface area contributed by atoms with Crippen molar-refractivity contribution in [2.75, 3.05) is 5.75 Å². The van der Waals surface area contributed by atoms with Crippen LogP contribution in [0.5, 0.6) is 0 Å². The summed E-state index contributed by atoms with van der Waals surface area (Å²) in [5.41, 5.74) is -4.79. The molecule has 0 aromatic carbocycles. The van der Waals surface area contributed by atoms with Gasteiger partial charge >= 0.3 is 5.51 Å². The van der Waals surface area contributed by atoms with E-state index in [9.17, 15) is 13.2 Å². The summed E-state index contributed by atoms with van der Waals surface area (Å²) in [6.07, 6.45) is 0.867. The van der Waals surface area contributed by atoms with Crippen LogP contribution in [0.2, 0.25) is 0 Å². The number of hydrogen-bond acceptors (Lipinski definition) is 2. The van der Waals surface area contributed by atoms with E-state index in [-0.39, 0.29) is 23.9 Å². The number of nitriles is 1. The van der Waals surface area contributed by atoms with E-state index >= 15 is 0 Å². The topological polar surface area (TPSA) is 23.8 Å². The maximum Gasteiger partial charge on any atom is 0.441 e. The molecule has 0 radical (unpaired) electrons. The van der Waals surface area contributed by atoms with Crippen LogP contribution in [0.3, 0.4) is 0 Å². The van der Waals surface area contributed by atoms with Crippen molar-refractivity contribution in [2.24, 2.45) is 5.41 Å². The molecule has 0 saturated carbocycles. The van der Waals surface area contributed by atoms with Gasteiger partial charge in [0, 0.05) is 5.75 Å². The second-order valence-corrected chi connectivity index (χ2v) is 4.23. The summed E-state index contributed by atoms with van der Waals surface area (Å²) < 4.78 is 35.2. The second kappa shape index (κ2) is 4.75. The average Bonchev–Trinajstić information content (AvgIpc) is 2.02. The van der Waals surface area contributed by atoms with Crippen LogP contribution in [-0.2, 0) is 0 Å². The summed E-state index contributed by atoms with van der Waals surface area (Å²) in [6, 6.07) is 2.03. The van der Waals surface area contributed by atoms with Crippen molar-refractivity contribution >= 4 is 11.8 Å². The van der Waals surface area contributed by atoms with E-state index in [1.165, 1.54) is 0 Å². The molecular formula is C8H12F3NS. The first-order valence-electron chi connectivity index (χ1n) is 3.95. The normalized spacial score (nSPS) is 16.3. The van der Waals surface area contributed by atoms with Gasteiger partial charge in [-0.15, -0.1) is 0 Å². The molecule has 0 rings (SSSR count). The highest BCUT2D eigenvalue weighted by molar-refractivity contribution is 8.00. The van der Waals surface area contributed by atoms with Gasteiger partial charge in [0.05, 0.1) is 11.5 Å². The monoisotopic (exact) mass is 211 g/mol. The Morgan fingerprint density at radius 2 is 1.92 bits per heavy atom. The van der Waals surface area contributed by atoms with Gasteiger partial charge in [-0.25, -0.2) is 0 Å². The summed E-state index contributed by atoms with van der Waals surface area (Å²) in [6.45, 7) is 3.49. The fourth-order valence-electron chi connectivity index (χ4n) is 0.704. The standard InChI is InChI=1S/C8H12F3NS/c1-3-7(2,6-12)4-5-13-8(9,10)11/h3-5H2,1-2H3. The Balaban J connectivity index is 3.83. The fraction of sp³-hybridized carbons (Fsp3) is 0.875. The summed E-state index contributed by atoms with van der Waals surface area (Å²) in [7, 11) is 0. The second-order valence-electron chi connectivity index (χ2n) is 3.07. The molecule has 0 aliphatic carbocycles. The van der Waals surface area contributed by atoms with Crippen molar-refractivity contribution in [1.82, 2.24) is 0 Å². The molecule has 0 aromatic heterocycles. The molecular weight excluding hydrogens is 199 g/mol. The highest BCUT2D eigenvalue weighted by Gasteiger charge is 2.30. The highest BCUT2D eigenvalue weighted by Crippen LogP contribution is 2.34. The molecule has 0 heterocycles. The zero-order valence-electron chi connectivity index (χ0n) is 7.61. The van der Waals surface area contributed by atoms with Crippen molar-refractivity contribution in [1.29, 1.82) is 5.26 Å². The smallest absolute Gasteiger partial charge is 0.198 e. The molecule has 0 N–H and O–H groups in total. The van der Waals surface area contributed by atoms with Crippen LogP contribution >= 0.6 is 11.8 Å². The lowest BCUT2D eigenvalue weighted by Gasteiger charge is -2.18. The summed E-state index contributed by atoms with van der Waals surface area (Å²) in [5, 5.41) is 8.67. The SMILES string of the molecule is CCC(C)(C#N)CCSC(F)(F)F. The maximum absolute atomic E-state index is 11.7. The molecule has 0 amide bonds. The van der Waals surface area contributed by atoms with Gasteiger partial charge in [0.1, 0.15) is 0 Å². The molecule has 0 aromatic rings. The molecule has 0 spiro atoms. The van der Waals surface area contributed by atoms with Gasteiger partial charge in [0.15, 0.2) is 0 Å². The fourth-order valence-corrected chi connectivity index (χ4v) is 1.49. The van der Waals surface area contributed by atoms with E-state index in [4.69, 9.17) is 5.26 Å². The molecule has 0 fully saturated rings. The molecule has 1 nitrogen and oxygen atoms in total. The molecule has 1 unspecified atom stereocenters. The molecule has 5 heteroatoms. The van der Waals surface area contributed by atoms with Gasteiger partial charge in [-0.2, -0.15) is 18.4 Å². The van der Waals surface area contributed by atoms with Crippen molar-refractivity contribution in [3.05, 3.63) is 0 Å². The number of rotatable bonds is 4. The predicted octanol–water partition coefficient (Wildman–Crippen LogP) is 3.57.